The molecule has 2 aliphatic rings. The number of aromatic nitrogens is 5. The van der Waals surface area contributed by atoms with Crippen molar-refractivity contribution in [3.63, 3.8) is 0 Å². The van der Waals surface area contributed by atoms with Gasteiger partial charge in [0.2, 0.25) is 11.9 Å². The molecule has 0 atom stereocenters. The van der Waals surface area contributed by atoms with Crippen molar-refractivity contribution in [1.29, 1.82) is 0 Å². The van der Waals surface area contributed by atoms with Gasteiger partial charge in [-0.05, 0) is 43.4 Å². The molecule has 2 aromatic heterocycles. The Morgan fingerprint density at radius 1 is 1.17 bits per heavy atom. The summed E-state index contributed by atoms with van der Waals surface area (Å²) in [5.41, 5.74) is 5.69. The summed E-state index contributed by atoms with van der Waals surface area (Å²) in [7, 11) is 0. The SMILES string of the molecule is CC1CCN(c2nnc(Sc3cc(Cl)nc(N)n3)n2C2CC2)CC1. The average molecular weight is 366 g/mol. The van der Waals surface area contributed by atoms with E-state index in [0.717, 1.165) is 30.1 Å². The largest absolute Gasteiger partial charge is 0.368 e. The van der Waals surface area contributed by atoms with Crippen molar-refractivity contribution in [2.75, 3.05) is 23.7 Å². The molecule has 0 aromatic carbocycles. The highest BCUT2D eigenvalue weighted by atomic mass is 35.5. The fraction of sp³-hybridized carbons (Fsp3) is 0.600. The van der Waals surface area contributed by atoms with E-state index in [2.05, 4.69) is 36.6 Å². The van der Waals surface area contributed by atoms with E-state index in [4.69, 9.17) is 17.3 Å². The molecule has 2 aromatic rings. The molecule has 128 valence electrons. The molecule has 9 heteroatoms. The maximum absolute atomic E-state index is 5.98. The number of anilines is 2. The second-order valence-corrected chi connectivity index (χ2v) is 7.92. The Balaban J connectivity index is 1.62. The summed E-state index contributed by atoms with van der Waals surface area (Å²) in [6, 6.07) is 2.20. The second kappa shape index (κ2) is 6.40. The number of nitrogen functional groups attached to an aromatic ring is 1. The lowest BCUT2D eigenvalue weighted by molar-refractivity contribution is 0.429. The molecule has 4 rings (SSSR count). The lowest BCUT2D eigenvalue weighted by Crippen LogP contribution is -2.34. The van der Waals surface area contributed by atoms with Crippen LogP contribution in [0.2, 0.25) is 5.15 Å². The van der Waals surface area contributed by atoms with Crippen molar-refractivity contribution in [1.82, 2.24) is 24.7 Å². The highest BCUT2D eigenvalue weighted by Gasteiger charge is 2.32. The third-order valence-electron chi connectivity index (χ3n) is 4.51. The van der Waals surface area contributed by atoms with Crippen molar-refractivity contribution in [2.24, 2.45) is 5.92 Å². The Morgan fingerprint density at radius 3 is 2.58 bits per heavy atom. The first-order chi connectivity index (χ1) is 11.6. The predicted octanol–water partition coefficient (Wildman–Crippen LogP) is 3.03. The molecule has 0 amide bonds. The molecule has 0 unspecified atom stereocenters. The van der Waals surface area contributed by atoms with Gasteiger partial charge in [0.05, 0.1) is 0 Å². The van der Waals surface area contributed by atoms with E-state index in [9.17, 15) is 0 Å². The van der Waals surface area contributed by atoms with Gasteiger partial charge < -0.3 is 10.6 Å². The van der Waals surface area contributed by atoms with Gasteiger partial charge in [0.25, 0.3) is 0 Å². The number of piperidine rings is 1. The van der Waals surface area contributed by atoms with Gasteiger partial charge in [-0.1, -0.05) is 18.5 Å². The summed E-state index contributed by atoms with van der Waals surface area (Å²) in [5.74, 6) is 1.95. The fourth-order valence-electron chi connectivity index (χ4n) is 2.97. The standard InChI is InChI=1S/C15H20ClN7S/c1-9-4-6-22(7-5-9)14-20-21-15(23(14)10-2-3-10)24-12-8-11(16)18-13(17)19-12/h8-10H,2-7H2,1H3,(H2,17,18,19). The zero-order chi connectivity index (χ0) is 16.7. The van der Waals surface area contributed by atoms with Crippen LogP contribution in [0.4, 0.5) is 11.9 Å². The molecule has 2 fully saturated rings. The summed E-state index contributed by atoms with van der Waals surface area (Å²) in [6.45, 7) is 4.40. The molecule has 2 N–H and O–H groups in total. The molecule has 1 saturated heterocycles. The number of nitrogens with zero attached hydrogens (tertiary/aromatic N) is 6. The Morgan fingerprint density at radius 2 is 1.92 bits per heavy atom. The summed E-state index contributed by atoms with van der Waals surface area (Å²) in [4.78, 5) is 10.5. The third-order valence-corrected chi connectivity index (χ3v) is 5.58. The van der Waals surface area contributed by atoms with E-state index in [1.54, 1.807) is 6.07 Å². The zero-order valence-electron chi connectivity index (χ0n) is 13.5. The van der Waals surface area contributed by atoms with Crippen LogP contribution in [0.15, 0.2) is 16.2 Å². The highest BCUT2D eigenvalue weighted by Crippen LogP contribution is 2.42. The maximum atomic E-state index is 5.98. The molecular formula is C15H20ClN7S. The fourth-order valence-corrected chi connectivity index (χ4v) is 4.14. The predicted molar refractivity (Wildman–Crippen MR) is 94.5 cm³/mol. The summed E-state index contributed by atoms with van der Waals surface area (Å²) >= 11 is 7.42. The molecule has 0 radical (unpaired) electrons. The van der Waals surface area contributed by atoms with Gasteiger partial charge in [0.1, 0.15) is 10.2 Å². The van der Waals surface area contributed by atoms with Crippen molar-refractivity contribution >= 4 is 35.3 Å². The van der Waals surface area contributed by atoms with Crippen molar-refractivity contribution < 1.29 is 0 Å². The van der Waals surface area contributed by atoms with E-state index in [1.165, 1.54) is 37.4 Å². The van der Waals surface area contributed by atoms with Gasteiger partial charge >= 0.3 is 0 Å². The van der Waals surface area contributed by atoms with Crippen LogP contribution in [-0.2, 0) is 0 Å². The lowest BCUT2D eigenvalue weighted by atomic mass is 10.00. The van der Waals surface area contributed by atoms with E-state index in [-0.39, 0.29) is 5.95 Å². The van der Waals surface area contributed by atoms with Crippen LogP contribution in [0.25, 0.3) is 0 Å². The van der Waals surface area contributed by atoms with E-state index in [1.807, 2.05) is 0 Å². The smallest absolute Gasteiger partial charge is 0.228 e. The van der Waals surface area contributed by atoms with Crippen LogP contribution in [0, 0.1) is 5.92 Å². The maximum Gasteiger partial charge on any atom is 0.228 e. The molecule has 0 bridgehead atoms. The monoisotopic (exact) mass is 365 g/mol. The van der Waals surface area contributed by atoms with Gasteiger partial charge in [0.15, 0.2) is 5.16 Å². The van der Waals surface area contributed by atoms with Crippen LogP contribution in [0.1, 0.15) is 38.6 Å². The molecule has 3 heterocycles. The Kier molecular flexibility index (Phi) is 4.26. The minimum absolute atomic E-state index is 0.174. The number of hydrogen-bond acceptors (Lipinski definition) is 7. The minimum Gasteiger partial charge on any atom is -0.368 e. The van der Waals surface area contributed by atoms with E-state index >= 15 is 0 Å². The molecule has 1 saturated carbocycles. The quantitative estimate of drug-likeness (QED) is 0.833. The molecule has 1 aliphatic heterocycles. The van der Waals surface area contributed by atoms with E-state index in [0.29, 0.717) is 16.2 Å². The van der Waals surface area contributed by atoms with Gasteiger partial charge in [0, 0.05) is 25.2 Å². The average Bonchev–Trinajstić information content (AvgIpc) is 3.28. The summed E-state index contributed by atoms with van der Waals surface area (Å²) in [6.07, 6.45) is 4.77. The van der Waals surface area contributed by atoms with Crippen LogP contribution < -0.4 is 10.6 Å². The highest BCUT2D eigenvalue weighted by molar-refractivity contribution is 7.99. The first-order valence-corrected chi connectivity index (χ1v) is 9.47. The van der Waals surface area contributed by atoms with E-state index < -0.39 is 0 Å². The molecule has 7 nitrogen and oxygen atoms in total. The third kappa shape index (κ3) is 3.30. The Hall–Kier alpha value is -1.54. The van der Waals surface area contributed by atoms with Crippen molar-refractivity contribution in [3.8, 4) is 0 Å². The molecular weight excluding hydrogens is 346 g/mol. The van der Waals surface area contributed by atoms with Gasteiger partial charge in [-0.2, -0.15) is 0 Å². The number of hydrogen-bond donors (Lipinski definition) is 1. The normalized spacial score (nSPS) is 19.0. The number of rotatable bonds is 4. The number of nitrogens with two attached hydrogens (primary N) is 1. The minimum atomic E-state index is 0.174. The second-order valence-electron chi connectivity index (χ2n) is 6.54. The Labute approximate surface area is 150 Å². The van der Waals surface area contributed by atoms with Gasteiger partial charge in [-0.3, -0.25) is 4.57 Å². The van der Waals surface area contributed by atoms with Gasteiger partial charge in [-0.25, -0.2) is 9.97 Å². The molecule has 1 aliphatic carbocycles. The first-order valence-electron chi connectivity index (χ1n) is 8.28. The summed E-state index contributed by atoms with van der Waals surface area (Å²) in [5, 5.41) is 10.8. The van der Waals surface area contributed by atoms with Crippen LogP contribution in [-0.4, -0.2) is 37.8 Å². The first kappa shape index (κ1) is 16.0. The van der Waals surface area contributed by atoms with Crippen LogP contribution >= 0.6 is 23.4 Å². The van der Waals surface area contributed by atoms with Crippen molar-refractivity contribution in [2.45, 2.75) is 48.8 Å². The number of halogens is 1. The topological polar surface area (TPSA) is 85.8 Å². The zero-order valence-corrected chi connectivity index (χ0v) is 15.1. The summed E-state index contributed by atoms with van der Waals surface area (Å²) < 4.78 is 2.26. The van der Waals surface area contributed by atoms with Crippen LogP contribution in [0.5, 0.6) is 0 Å². The molecule has 0 spiro atoms. The van der Waals surface area contributed by atoms with Gasteiger partial charge in [-0.15, -0.1) is 10.2 Å². The molecule has 24 heavy (non-hydrogen) atoms. The Bertz CT molecular complexity index is 717. The lowest BCUT2D eigenvalue weighted by Gasteiger charge is -2.31. The van der Waals surface area contributed by atoms with Crippen molar-refractivity contribution in [3.05, 3.63) is 11.2 Å². The van der Waals surface area contributed by atoms with Crippen LogP contribution in [0.3, 0.4) is 0 Å².